The molecule has 0 unspecified atom stereocenters. The third-order valence-corrected chi connectivity index (χ3v) is 4.18. The largest absolute Gasteiger partial charge is 0.494 e. The van der Waals surface area contributed by atoms with Crippen molar-refractivity contribution in [1.29, 1.82) is 0 Å². The Morgan fingerprint density at radius 1 is 1.41 bits per heavy atom. The van der Waals surface area contributed by atoms with Crippen molar-refractivity contribution in [2.75, 3.05) is 12.4 Å². The van der Waals surface area contributed by atoms with Crippen LogP contribution in [0.15, 0.2) is 18.2 Å². The lowest BCUT2D eigenvalue weighted by molar-refractivity contribution is -0.116. The minimum Gasteiger partial charge on any atom is -0.494 e. The number of methoxy groups -OCH3 is 1. The maximum Gasteiger partial charge on any atom is 0.226 e. The number of carbonyl (C=O) groups is 1. The number of hydrogen-bond donors (Lipinski definition) is 1. The zero-order chi connectivity index (χ0) is 16.1. The van der Waals surface area contributed by atoms with Gasteiger partial charge in [0, 0.05) is 12.3 Å². The van der Waals surface area contributed by atoms with E-state index in [0.717, 1.165) is 10.6 Å². The first-order chi connectivity index (χ1) is 10.5. The average molecular weight is 323 g/mol. The molecule has 0 radical (unpaired) electrons. The number of amides is 1. The molecule has 0 aliphatic carbocycles. The maximum absolute atomic E-state index is 13.6. The molecule has 118 valence electrons. The van der Waals surface area contributed by atoms with E-state index in [1.165, 1.54) is 24.5 Å². The molecule has 2 aromatic rings. The summed E-state index contributed by atoms with van der Waals surface area (Å²) < 4.78 is 18.4. The van der Waals surface area contributed by atoms with Crippen LogP contribution in [-0.2, 0) is 11.2 Å². The molecule has 1 amide bonds. The Balaban J connectivity index is 1.88. The Morgan fingerprint density at radius 2 is 2.18 bits per heavy atom. The van der Waals surface area contributed by atoms with Crippen molar-refractivity contribution >= 4 is 22.4 Å². The van der Waals surface area contributed by atoms with Gasteiger partial charge < -0.3 is 10.1 Å². The summed E-state index contributed by atoms with van der Waals surface area (Å²) in [4.78, 5) is 11.9. The lowest BCUT2D eigenvalue weighted by Gasteiger charge is -2.05. The van der Waals surface area contributed by atoms with Gasteiger partial charge in [-0.3, -0.25) is 4.79 Å². The van der Waals surface area contributed by atoms with Crippen LogP contribution < -0.4 is 10.1 Å². The van der Waals surface area contributed by atoms with Gasteiger partial charge in [0.1, 0.15) is 5.01 Å². The summed E-state index contributed by atoms with van der Waals surface area (Å²) in [5.74, 6) is -0.109. The maximum atomic E-state index is 13.6. The number of aryl methyl sites for hydroxylation is 1. The Hall–Kier alpha value is -2.02. The normalized spacial score (nSPS) is 10.8. The average Bonchev–Trinajstić information content (AvgIpc) is 2.94. The summed E-state index contributed by atoms with van der Waals surface area (Å²) >= 11 is 1.37. The van der Waals surface area contributed by atoms with Crippen LogP contribution in [-0.4, -0.2) is 23.2 Å². The molecule has 0 aliphatic rings. The Kier molecular flexibility index (Phi) is 5.43. The van der Waals surface area contributed by atoms with Crippen molar-refractivity contribution in [3.05, 3.63) is 34.6 Å². The molecule has 22 heavy (non-hydrogen) atoms. The van der Waals surface area contributed by atoms with E-state index < -0.39 is 5.82 Å². The number of benzene rings is 1. The SMILES string of the molecule is COc1ccc(CCC(=O)Nc2nnc(C(C)C)s2)cc1F. The van der Waals surface area contributed by atoms with E-state index in [0.29, 0.717) is 11.6 Å². The molecule has 1 heterocycles. The monoisotopic (exact) mass is 323 g/mol. The van der Waals surface area contributed by atoms with Crippen molar-refractivity contribution in [3.63, 3.8) is 0 Å². The fourth-order valence-corrected chi connectivity index (χ4v) is 2.59. The first kappa shape index (κ1) is 16.4. The van der Waals surface area contributed by atoms with Gasteiger partial charge in [-0.2, -0.15) is 0 Å². The number of anilines is 1. The van der Waals surface area contributed by atoms with E-state index in [1.54, 1.807) is 12.1 Å². The molecule has 1 N–H and O–H groups in total. The van der Waals surface area contributed by atoms with Gasteiger partial charge in [0.25, 0.3) is 0 Å². The predicted molar refractivity (Wildman–Crippen MR) is 83.9 cm³/mol. The number of nitrogens with one attached hydrogen (secondary N) is 1. The molecule has 1 aromatic carbocycles. The number of halogens is 1. The number of ether oxygens (including phenoxy) is 1. The summed E-state index contributed by atoms with van der Waals surface area (Å²) in [6, 6.07) is 4.69. The van der Waals surface area contributed by atoms with Gasteiger partial charge in [-0.15, -0.1) is 10.2 Å². The minimum absolute atomic E-state index is 0.164. The number of hydrogen-bond acceptors (Lipinski definition) is 5. The van der Waals surface area contributed by atoms with Gasteiger partial charge in [-0.1, -0.05) is 31.3 Å². The summed E-state index contributed by atoms with van der Waals surface area (Å²) in [6.45, 7) is 4.04. The van der Waals surface area contributed by atoms with E-state index in [1.807, 2.05) is 13.8 Å². The molecule has 7 heteroatoms. The second kappa shape index (κ2) is 7.31. The molecular weight excluding hydrogens is 305 g/mol. The fraction of sp³-hybridized carbons (Fsp3) is 0.400. The van der Waals surface area contributed by atoms with Gasteiger partial charge in [-0.05, 0) is 24.1 Å². The van der Waals surface area contributed by atoms with Gasteiger partial charge in [0.2, 0.25) is 11.0 Å². The minimum atomic E-state index is -0.425. The summed E-state index contributed by atoms with van der Waals surface area (Å²) in [6.07, 6.45) is 0.699. The van der Waals surface area contributed by atoms with Gasteiger partial charge in [-0.25, -0.2) is 4.39 Å². The molecule has 0 bridgehead atoms. The smallest absolute Gasteiger partial charge is 0.226 e. The third kappa shape index (κ3) is 4.24. The van der Waals surface area contributed by atoms with Crippen LogP contribution in [0.5, 0.6) is 5.75 Å². The topological polar surface area (TPSA) is 64.1 Å². The van der Waals surface area contributed by atoms with Crippen LogP contribution in [0, 0.1) is 5.82 Å². The highest BCUT2D eigenvalue weighted by molar-refractivity contribution is 7.15. The van der Waals surface area contributed by atoms with Crippen LogP contribution in [0.1, 0.15) is 36.8 Å². The molecule has 1 aromatic heterocycles. The number of aromatic nitrogens is 2. The first-order valence-electron chi connectivity index (χ1n) is 6.95. The Morgan fingerprint density at radius 3 is 2.77 bits per heavy atom. The van der Waals surface area contributed by atoms with Gasteiger partial charge >= 0.3 is 0 Å². The van der Waals surface area contributed by atoms with E-state index in [-0.39, 0.29) is 24.0 Å². The van der Waals surface area contributed by atoms with Gasteiger partial charge in [0.15, 0.2) is 11.6 Å². The third-order valence-electron chi connectivity index (χ3n) is 3.04. The molecule has 0 saturated carbocycles. The van der Waals surface area contributed by atoms with Crippen LogP contribution in [0.3, 0.4) is 0 Å². The molecule has 5 nitrogen and oxygen atoms in total. The first-order valence-corrected chi connectivity index (χ1v) is 7.77. The molecule has 0 aliphatic heterocycles. The van der Waals surface area contributed by atoms with Gasteiger partial charge in [0.05, 0.1) is 7.11 Å². The Bertz CT molecular complexity index is 658. The Labute approximate surface area is 132 Å². The van der Waals surface area contributed by atoms with Crippen LogP contribution in [0.4, 0.5) is 9.52 Å². The molecule has 0 atom stereocenters. The highest BCUT2D eigenvalue weighted by atomic mass is 32.1. The lowest BCUT2D eigenvalue weighted by Crippen LogP contribution is -2.12. The second-order valence-corrected chi connectivity index (χ2v) is 6.13. The predicted octanol–water partition coefficient (Wildman–Crippen LogP) is 3.38. The van der Waals surface area contributed by atoms with Crippen LogP contribution in [0.25, 0.3) is 0 Å². The van der Waals surface area contributed by atoms with E-state index in [4.69, 9.17) is 4.74 Å². The van der Waals surface area contributed by atoms with Crippen LogP contribution >= 0.6 is 11.3 Å². The molecule has 0 spiro atoms. The van der Waals surface area contributed by atoms with E-state index in [2.05, 4.69) is 15.5 Å². The summed E-state index contributed by atoms with van der Waals surface area (Å²) in [5.41, 5.74) is 0.744. The van der Waals surface area contributed by atoms with E-state index >= 15 is 0 Å². The van der Waals surface area contributed by atoms with Crippen molar-refractivity contribution < 1.29 is 13.9 Å². The summed E-state index contributed by atoms with van der Waals surface area (Å²) in [7, 11) is 1.42. The number of nitrogens with zero attached hydrogens (tertiary/aromatic N) is 2. The number of carbonyl (C=O) groups excluding carboxylic acids is 1. The molecule has 0 fully saturated rings. The quantitative estimate of drug-likeness (QED) is 0.885. The number of rotatable bonds is 6. The lowest BCUT2D eigenvalue weighted by atomic mass is 10.1. The van der Waals surface area contributed by atoms with Crippen LogP contribution in [0.2, 0.25) is 0 Å². The molecule has 0 saturated heterocycles. The zero-order valence-electron chi connectivity index (χ0n) is 12.7. The fourth-order valence-electron chi connectivity index (χ4n) is 1.82. The van der Waals surface area contributed by atoms with Crippen molar-refractivity contribution in [3.8, 4) is 5.75 Å². The van der Waals surface area contributed by atoms with Crippen molar-refractivity contribution in [2.24, 2.45) is 0 Å². The van der Waals surface area contributed by atoms with E-state index in [9.17, 15) is 9.18 Å². The highest BCUT2D eigenvalue weighted by Gasteiger charge is 2.11. The second-order valence-electron chi connectivity index (χ2n) is 5.12. The van der Waals surface area contributed by atoms with Crippen molar-refractivity contribution in [2.45, 2.75) is 32.6 Å². The summed E-state index contributed by atoms with van der Waals surface area (Å²) in [5, 5.41) is 12.0. The standard InChI is InChI=1S/C15H18FN3O2S/c1-9(2)14-18-19-15(22-14)17-13(20)7-5-10-4-6-12(21-3)11(16)8-10/h4,6,8-9H,5,7H2,1-3H3,(H,17,19,20). The zero-order valence-corrected chi connectivity index (χ0v) is 13.5. The highest BCUT2D eigenvalue weighted by Crippen LogP contribution is 2.23. The molecular formula is C15H18FN3O2S. The van der Waals surface area contributed by atoms with Crippen molar-refractivity contribution in [1.82, 2.24) is 10.2 Å². The molecule has 2 rings (SSSR count).